The van der Waals surface area contributed by atoms with Crippen LogP contribution in [0.2, 0.25) is 0 Å². The number of hydrogen-bond donors (Lipinski definition) is 1. The Balaban J connectivity index is 1.62. The predicted octanol–water partition coefficient (Wildman–Crippen LogP) is 3.13. The summed E-state index contributed by atoms with van der Waals surface area (Å²) in [6.45, 7) is 3.92. The van der Waals surface area contributed by atoms with Gasteiger partial charge in [-0.05, 0) is 49.2 Å². The van der Waals surface area contributed by atoms with E-state index < -0.39 is 5.91 Å². The van der Waals surface area contributed by atoms with Crippen LogP contribution in [-0.4, -0.2) is 35.5 Å². The van der Waals surface area contributed by atoms with Crippen LogP contribution in [0.1, 0.15) is 55.0 Å². The number of fused-ring (bicyclic) bond motifs is 1. The van der Waals surface area contributed by atoms with Crippen molar-refractivity contribution < 1.29 is 19.2 Å². The molecule has 6 heteroatoms. The van der Waals surface area contributed by atoms with Crippen molar-refractivity contribution in [1.82, 2.24) is 4.90 Å². The zero-order valence-corrected chi connectivity index (χ0v) is 15.5. The first-order valence-electron chi connectivity index (χ1n) is 8.64. The Morgan fingerprint density at radius 2 is 1.59 bits per heavy atom. The minimum absolute atomic E-state index is 0.0373. The fourth-order valence-corrected chi connectivity index (χ4v) is 2.95. The van der Waals surface area contributed by atoms with Crippen LogP contribution in [0.15, 0.2) is 36.4 Å². The second-order valence-electron chi connectivity index (χ2n) is 6.70. The Kier molecular flexibility index (Phi) is 4.90. The van der Waals surface area contributed by atoms with Crippen LogP contribution < -0.4 is 5.32 Å². The molecule has 0 bridgehead atoms. The highest BCUT2D eigenvalue weighted by atomic mass is 16.2. The number of anilines is 1. The lowest BCUT2D eigenvalue weighted by Crippen LogP contribution is -2.24. The maximum Gasteiger partial charge on any atom is 0.261 e. The van der Waals surface area contributed by atoms with Gasteiger partial charge in [0.25, 0.3) is 11.8 Å². The van der Waals surface area contributed by atoms with Gasteiger partial charge in [0.2, 0.25) is 5.91 Å². The summed E-state index contributed by atoms with van der Waals surface area (Å²) in [6, 6.07) is 10.1. The van der Waals surface area contributed by atoms with Crippen LogP contribution in [-0.2, 0) is 4.79 Å². The first kappa shape index (κ1) is 18.5. The van der Waals surface area contributed by atoms with E-state index in [4.69, 9.17) is 0 Å². The van der Waals surface area contributed by atoms with E-state index in [9.17, 15) is 19.2 Å². The zero-order chi connectivity index (χ0) is 19.7. The standard InChI is InChI=1S/C21H20N2O4/c1-12-4-5-14(10-13(12)2)18(24)8-9-19(25)22-15-6-7-16-17(11-15)21(27)23(3)20(16)26/h4-7,10-11H,8-9H2,1-3H3,(H,22,25). The highest BCUT2D eigenvalue weighted by Gasteiger charge is 2.32. The maximum atomic E-state index is 12.3. The van der Waals surface area contributed by atoms with E-state index >= 15 is 0 Å². The third-order valence-electron chi connectivity index (χ3n) is 4.78. The van der Waals surface area contributed by atoms with Crippen LogP contribution in [0, 0.1) is 13.8 Å². The highest BCUT2D eigenvalue weighted by Crippen LogP contribution is 2.25. The molecule has 2 aromatic carbocycles. The smallest absolute Gasteiger partial charge is 0.261 e. The normalized spacial score (nSPS) is 12.9. The monoisotopic (exact) mass is 364 g/mol. The van der Waals surface area contributed by atoms with Crippen molar-refractivity contribution in [3.63, 3.8) is 0 Å². The van der Waals surface area contributed by atoms with Gasteiger partial charge in [-0.1, -0.05) is 12.1 Å². The first-order chi connectivity index (χ1) is 12.8. The molecule has 1 aliphatic heterocycles. The Morgan fingerprint density at radius 1 is 0.889 bits per heavy atom. The molecule has 0 saturated carbocycles. The quantitative estimate of drug-likeness (QED) is 0.653. The average molecular weight is 364 g/mol. The predicted molar refractivity (Wildman–Crippen MR) is 101 cm³/mol. The Bertz CT molecular complexity index is 978. The lowest BCUT2D eigenvalue weighted by molar-refractivity contribution is -0.116. The number of rotatable bonds is 5. The van der Waals surface area contributed by atoms with Crippen LogP contribution >= 0.6 is 0 Å². The van der Waals surface area contributed by atoms with Gasteiger partial charge in [0, 0.05) is 31.1 Å². The Hall–Kier alpha value is -3.28. The summed E-state index contributed by atoms with van der Waals surface area (Å²) in [5.41, 5.74) is 3.76. The van der Waals surface area contributed by atoms with Gasteiger partial charge in [0.05, 0.1) is 11.1 Å². The maximum absolute atomic E-state index is 12.3. The number of aryl methyl sites for hydroxylation is 2. The third kappa shape index (κ3) is 3.65. The molecular weight excluding hydrogens is 344 g/mol. The van der Waals surface area contributed by atoms with Gasteiger partial charge in [-0.15, -0.1) is 0 Å². The van der Waals surface area contributed by atoms with Crippen molar-refractivity contribution in [3.8, 4) is 0 Å². The molecule has 0 fully saturated rings. The number of imide groups is 1. The highest BCUT2D eigenvalue weighted by molar-refractivity contribution is 6.21. The SMILES string of the molecule is Cc1ccc(C(=O)CCC(=O)Nc2ccc3c(c2)C(=O)N(C)C3=O)cc1C. The third-order valence-corrected chi connectivity index (χ3v) is 4.78. The molecule has 3 rings (SSSR count). The molecule has 0 aliphatic carbocycles. The fraction of sp³-hybridized carbons (Fsp3) is 0.238. The molecule has 2 aromatic rings. The van der Waals surface area contributed by atoms with Gasteiger partial charge >= 0.3 is 0 Å². The molecule has 1 heterocycles. The second kappa shape index (κ2) is 7.15. The largest absolute Gasteiger partial charge is 0.326 e. The van der Waals surface area contributed by atoms with E-state index in [0.717, 1.165) is 16.0 Å². The van der Waals surface area contributed by atoms with Gasteiger partial charge < -0.3 is 5.32 Å². The minimum Gasteiger partial charge on any atom is -0.326 e. The average Bonchev–Trinajstić information content (AvgIpc) is 2.86. The van der Waals surface area contributed by atoms with E-state index in [1.807, 2.05) is 26.0 Å². The number of carbonyl (C=O) groups excluding carboxylic acids is 4. The zero-order valence-electron chi connectivity index (χ0n) is 15.5. The number of Topliss-reactive ketones (excluding diaryl/α,β-unsaturated/α-hetero) is 1. The molecule has 6 nitrogen and oxygen atoms in total. The van der Waals surface area contributed by atoms with E-state index in [1.165, 1.54) is 19.2 Å². The molecule has 0 aromatic heterocycles. The van der Waals surface area contributed by atoms with Crippen LogP contribution in [0.3, 0.4) is 0 Å². The van der Waals surface area contributed by atoms with E-state index in [1.54, 1.807) is 12.1 Å². The summed E-state index contributed by atoms with van der Waals surface area (Å²) in [5.74, 6) is -1.16. The minimum atomic E-state index is -0.393. The summed E-state index contributed by atoms with van der Waals surface area (Å²) in [6.07, 6.45) is 0.134. The molecule has 27 heavy (non-hydrogen) atoms. The van der Waals surface area contributed by atoms with Gasteiger partial charge in [-0.3, -0.25) is 24.1 Å². The van der Waals surface area contributed by atoms with Crippen molar-refractivity contribution >= 4 is 29.2 Å². The summed E-state index contributed by atoms with van der Waals surface area (Å²) in [4.78, 5) is 49.4. The second-order valence-corrected chi connectivity index (χ2v) is 6.70. The Labute approximate surface area is 157 Å². The number of nitrogens with zero attached hydrogens (tertiary/aromatic N) is 1. The fourth-order valence-electron chi connectivity index (χ4n) is 2.95. The molecule has 3 amide bonds. The van der Waals surface area contributed by atoms with Crippen LogP contribution in [0.4, 0.5) is 5.69 Å². The van der Waals surface area contributed by atoms with Gasteiger partial charge in [0.15, 0.2) is 5.78 Å². The van der Waals surface area contributed by atoms with Crippen molar-refractivity contribution in [2.24, 2.45) is 0 Å². The Morgan fingerprint density at radius 3 is 2.30 bits per heavy atom. The van der Waals surface area contributed by atoms with Gasteiger partial charge in [-0.2, -0.15) is 0 Å². The first-order valence-corrected chi connectivity index (χ1v) is 8.64. The number of amides is 3. The van der Waals surface area contributed by atoms with E-state index in [0.29, 0.717) is 16.8 Å². The molecule has 1 aliphatic rings. The lowest BCUT2D eigenvalue weighted by atomic mass is 10.0. The molecule has 138 valence electrons. The number of ketones is 1. The van der Waals surface area contributed by atoms with Crippen LogP contribution in [0.25, 0.3) is 0 Å². The molecular formula is C21H20N2O4. The molecule has 1 N–H and O–H groups in total. The van der Waals surface area contributed by atoms with Crippen molar-refractivity contribution in [1.29, 1.82) is 0 Å². The van der Waals surface area contributed by atoms with Gasteiger partial charge in [-0.25, -0.2) is 0 Å². The topological polar surface area (TPSA) is 83.6 Å². The summed E-state index contributed by atoms with van der Waals surface area (Å²) < 4.78 is 0. The lowest BCUT2D eigenvalue weighted by Gasteiger charge is -2.07. The number of benzene rings is 2. The van der Waals surface area contributed by atoms with Crippen molar-refractivity contribution in [2.75, 3.05) is 12.4 Å². The molecule has 0 atom stereocenters. The molecule has 0 saturated heterocycles. The summed E-state index contributed by atoms with van der Waals surface area (Å²) in [5, 5.41) is 2.68. The van der Waals surface area contributed by atoms with Crippen LogP contribution in [0.5, 0.6) is 0 Å². The van der Waals surface area contributed by atoms with Crippen molar-refractivity contribution in [2.45, 2.75) is 26.7 Å². The van der Waals surface area contributed by atoms with Crippen molar-refractivity contribution in [3.05, 3.63) is 64.2 Å². The number of carbonyl (C=O) groups is 4. The number of hydrogen-bond acceptors (Lipinski definition) is 4. The number of nitrogens with one attached hydrogen (secondary N) is 1. The molecule has 0 spiro atoms. The van der Waals surface area contributed by atoms with E-state index in [2.05, 4.69) is 5.32 Å². The summed E-state index contributed by atoms with van der Waals surface area (Å²) >= 11 is 0. The summed E-state index contributed by atoms with van der Waals surface area (Å²) in [7, 11) is 1.42. The molecule has 0 unspecified atom stereocenters. The van der Waals surface area contributed by atoms with Gasteiger partial charge in [0.1, 0.15) is 0 Å². The molecule has 0 radical (unpaired) electrons. The van der Waals surface area contributed by atoms with E-state index in [-0.39, 0.29) is 36.0 Å².